The fourth-order valence-electron chi connectivity index (χ4n) is 3.98. The van der Waals surface area contributed by atoms with Gasteiger partial charge in [0.15, 0.2) is 5.16 Å². The van der Waals surface area contributed by atoms with Gasteiger partial charge in [0, 0.05) is 31.4 Å². The van der Waals surface area contributed by atoms with E-state index in [1.54, 1.807) is 11.8 Å². The Morgan fingerprint density at radius 3 is 2.69 bits per heavy atom. The van der Waals surface area contributed by atoms with Crippen molar-refractivity contribution in [2.24, 2.45) is 0 Å². The molecule has 2 fully saturated rings. The molecule has 2 aromatic rings. The molecule has 1 aromatic heterocycles. The molecule has 1 aliphatic heterocycles. The summed E-state index contributed by atoms with van der Waals surface area (Å²) < 4.78 is 7.43. The second kappa shape index (κ2) is 8.55. The quantitative estimate of drug-likeness (QED) is 0.594. The molecule has 2 aliphatic rings. The van der Waals surface area contributed by atoms with Gasteiger partial charge in [-0.2, -0.15) is 0 Å². The Morgan fingerprint density at radius 2 is 1.88 bits per heavy atom. The topological polar surface area (TPSA) is 47.4 Å². The van der Waals surface area contributed by atoms with Crippen molar-refractivity contribution in [3.8, 4) is 0 Å². The number of fused-ring (bicyclic) bond motifs is 1. The third-order valence-electron chi connectivity index (χ3n) is 5.46. The summed E-state index contributed by atoms with van der Waals surface area (Å²) >= 11 is 1.73. The first kappa shape index (κ1) is 18.0. The zero-order valence-electron chi connectivity index (χ0n) is 15.2. The molecule has 0 N–H and O–H groups in total. The van der Waals surface area contributed by atoms with E-state index < -0.39 is 0 Å². The van der Waals surface area contributed by atoms with Gasteiger partial charge in [0.05, 0.1) is 24.1 Å². The number of benzene rings is 1. The smallest absolute Gasteiger partial charge is 0.262 e. The normalized spacial score (nSPS) is 19.8. The lowest BCUT2D eigenvalue weighted by atomic mass is 9.95. The van der Waals surface area contributed by atoms with E-state index in [2.05, 4.69) is 4.90 Å². The molecule has 1 saturated carbocycles. The van der Waals surface area contributed by atoms with Crippen LogP contribution in [0.5, 0.6) is 0 Å². The Morgan fingerprint density at radius 1 is 1.12 bits per heavy atom. The first-order chi connectivity index (χ1) is 12.8. The Hall–Kier alpha value is -1.37. The van der Waals surface area contributed by atoms with Gasteiger partial charge in [0.25, 0.3) is 5.56 Å². The van der Waals surface area contributed by atoms with E-state index in [9.17, 15) is 4.79 Å². The zero-order chi connectivity index (χ0) is 17.8. The minimum absolute atomic E-state index is 0.136. The van der Waals surface area contributed by atoms with E-state index in [0.29, 0.717) is 6.04 Å². The summed E-state index contributed by atoms with van der Waals surface area (Å²) in [6, 6.07) is 8.06. The maximum Gasteiger partial charge on any atom is 0.262 e. The molecule has 6 heteroatoms. The molecule has 2 heterocycles. The van der Waals surface area contributed by atoms with Gasteiger partial charge in [-0.25, -0.2) is 4.98 Å². The zero-order valence-corrected chi connectivity index (χ0v) is 16.0. The Bertz CT molecular complexity index is 795. The minimum atomic E-state index is 0.136. The lowest BCUT2D eigenvalue weighted by Crippen LogP contribution is -2.37. The maximum absolute atomic E-state index is 13.2. The van der Waals surface area contributed by atoms with E-state index in [0.717, 1.165) is 67.5 Å². The van der Waals surface area contributed by atoms with Crippen molar-refractivity contribution in [1.82, 2.24) is 14.5 Å². The van der Waals surface area contributed by atoms with Crippen molar-refractivity contribution >= 4 is 22.7 Å². The van der Waals surface area contributed by atoms with Gasteiger partial charge in [-0.05, 0) is 25.0 Å². The highest BCUT2D eigenvalue weighted by atomic mass is 32.2. The SMILES string of the molecule is O=c1c2ccccc2nc(SCCN2CCOCC2)n1C1CCCCC1. The summed E-state index contributed by atoms with van der Waals surface area (Å²) in [4.78, 5) is 20.5. The van der Waals surface area contributed by atoms with Crippen LogP contribution in [0.4, 0.5) is 0 Å². The highest BCUT2D eigenvalue weighted by molar-refractivity contribution is 7.99. The molecule has 0 radical (unpaired) electrons. The Labute approximate surface area is 158 Å². The second-order valence-electron chi connectivity index (χ2n) is 7.18. The predicted molar refractivity (Wildman–Crippen MR) is 106 cm³/mol. The Balaban J connectivity index is 1.59. The molecular formula is C20H27N3O2S. The van der Waals surface area contributed by atoms with Crippen molar-refractivity contribution in [1.29, 1.82) is 0 Å². The summed E-state index contributed by atoms with van der Waals surface area (Å²) in [6.45, 7) is 4.67. The predicted octanol–water partition coefficient (Wildman–Crippen LogP) is 3.33. The number of hydrogen-bond donors (Lipinski definition) is 0. The van der Waals surface area contributed by atoms with Crippen LogP contribution in [0.1, 0.15) is 38.1 Å². The van der Waals surface area contributed by atoms with Gasteiger partial charge < -0.3 is 4.74 Å². The van der Waals surface area contributed by atoms with Gasteiger partial charge in [0.2, 0.25) is 0 Å². The van der Waals surface area contributed by atoms with Crippen molar-refractivity contribution < 1.29 is 4.74 Å². The first-order valence-electron chi connectivity index (χ1n) is 9.77. The van der Waals surface area contributed by atoms with Crippen LogP contribution in [0, 0.1) is 0 Å². The molecule has 140 valence electrons. The largest absolute Gasteiger partial charge is 0.379 e. The fourth-order valence-corrected chi connectivity index (χ4v) is 5.05. The summed E-state index contributed by atoms with van der Waals surface area (Å²) in [6.07, 6.45) is 5.89. The average Bonchev–Trinajstić information content (AvgIpc) is 2.70. The Kier molecular flexibility index (Phi) is 5.92. The monoisotopic (exact) mass is 373 g/mol. The molecule has 0 atom stereocenters. The molecule has 0 spiro atoms. The lowest BCUT2D eigenvalue weighted by molar-refractivity contribution is 0.0410. The van der Waals surface area contributed by atoms with Gasteiger partial charge >= 0.3 is 0 Å². The highest BCUT2D eigenvalue weighted by Crippen LogP contribution is 2.31. The van der Waals surface area contributed by atoms with Crippen LogP contribution in [0.2, 0.25) is 0 Å². The number of nitrogens with zero attached hydrogens (tertiary/aromatic N) is 3. The van der Waals surface area contributed by atoms with E-state index >= 15 is 0 Å². The number of aromatic nitrogens is 2. The lowest BCUT2D eigenvalue weighted by Gasteiger charge is -2.28. The highest BCUT2D eigenvalue weighted by Gasteiger charge is 2.22. The number of morpholine rings is 1. The van der Waals surface area contributed by atoms with Gasteiger partial charge in [-0.15, -0.1) is 0 Å². The van der Waals surface area contributed by atoms with E-state index in [-0.39, 0.29) is 5.56 Å². The molecule has 0 bridgehead atoms. The summed E-state index contributed by atoms with van der Waals surface area (Å²) in [5, 5.41) is 1.64. The van der Waals surface area contributed by atoms with Crippen LogP contribution in [0.25, 0.3) is 10.9 Å². The number of thioether (sulfide) groups is 1. The molecule has 0 unspecified atom stereocenters. The number of hydrogen-bond acceptors (Lipinski definition) is 5. The third-order valence-corrected chi connectivity index (χ3v) is 6.39. The molecule has 4 rings (SSSR count). The fraction of sp³-hybridized carbons (Fsp3) is 0.600. The third kappa shape index (κ3) is 3.97. The van der Waals surface area contributed by atoms with Gasteiger partial charge in [-0.1, -0.05) is 43.2 Å². The molecule has 1 aromatic carbocycles. The van der Waals surface area contributed by atoms with Crippen LogP contribution >= 0.6 is 11.8 Å². The van der Waals surface area contributed by atoms with E-state index in [1.807, 2.05) is 28.8 Å². The van der Waals surface area contributed by atoms with Gasteiger partial charge in [0.1, 0.15) is 0 Å². The average molecular weight is 374 g/mol. The minimum Gasteiger partial charge on any atom is -0.379 e. The van der Waals surface area contributed by atoms with Crippen LogP contribution in [0.15, 0.2) is 34.2 Å². The summed E-state index contributed by atoms with van der Waals surface area (Å²) in [5.74, 6) is 0.956. The molecule has 26 heavy (non-hydrogen) atoms. The number of ether oxygens (including phenoxy) is 1. The van der Waals surface area contributed by atoms with Crippen molar-refractivity contribution in [3.63, 3.8) is 0 Å². The molecule has 1 saturated heterocycles. The van der Waals surface area contributed by atoms with Crippen LogP contribution < -0.4 is 5.56 Å². The standard InChI is InChI=1S/C20H27N3O2S/c24-19-17-8-4-5-9-18(17)21-20(23(19)16-6-2-1-3-7-16)26-15-12-22-10-13-25-14-11-22/h4-5,8-9,16H,1-3,6-7,10-15H2. The van der Waals surface area contributed by atoms with Crippen molar-refractivity contribution in [3.05, 3.63) is 34.6 Å². The van der Waals surface area contributed by atoms with E-state index in [4.69, 9.17) is 9.72 Å². The molecule has 0 amide bonds. The molecule has 5 nitrogen and oxygen atoms in total. The number of rotatable bonds is 5. The summed E-state index contributed by atoms with van der Waals surface area (Å²) in [5.41, 5.74) is 0.954. The van der Waals surface area contributed by atoms with Crippen LogP contribution in [-0.4, -0.2) is 53.1 Å². The first-order valence-corrected chi connectivity index (χ1v) is 10.8. The van der Waals surface area contributed by atoms with Crippen molar-refractivity contribution in [2.45, 2.75) is 43.3 Å². The number of para-hydroxylation sites is 1. The van der Waals surface area contributed by atoms with Crippen LogP contribution in [0.3, 0.4) is 0 Å². The summed E-state index contributed by atoms with van der Waals surface area (Å²) in [7, 11) is 0. The van der Waals surface area contributed by atoms with Crippen LogP contribution in [-0.2, 0) is 4.74 Å². The molecular weight excluding hydrogens is 346 g/mol. The maximum atomic E-state index is 13.2. The molecule has 1 aliphatic carbocycles. The van der Waals surface area contributed by atoms with E-state index in [1.165, 1.54) is 19.3 Å². The second-order valence-corrected chi connectivity index (χ2v) is 8.24. The van der Waals surface area contributed by atoms with Gasteiger partial charge in [-0.3, -0.25) is 14.3 Å². The van der Waals surface area contributed by atoms with Crippen molar-refractivity contribution in [2.75, 3.05) is 38.6 Å².